The van der Waals surface area contributed by atoms with E-state index in [1.807, 2.05) is 13.8 Å². The van der Waals surface area contributed by atoms with E-state index in [4.69, 9.17) is 5.73 Å². The standard InChI is InChI=1S/C13H22N4O/c1-9-11(10(2)17-16-9)15-12(18)13(8-14)6-4-3-5-7-13/h3-8,14H2,1-2H3,(H,15,18)(H,16,17). The number of hydrogen-bond donors (Lipinski definition) is 3. The third kappa shape index (κ3) is 2.27. The van der Waals surface area contributed by atoms with Gasteiger partial charge in [0.05, 0.1) is 22.5 Å². The number of aryl methyl sites for hydroxylation is 2. The SMILES string of the molecule is Cc1n[nH]c(C)c1NC(=O)C1(CN)CCCCC1. The van der Waals surface area contributed by atoms with Crippen LogP contribution in [0, 0.1) is 19.3 Å². The van der Waals surface area contributed by atoms with Gasteiger partial charge in [-0.1, -0.05) is 19.3 Å². The maximum absolute atomic E-state index is 12.5. The van der Waals surface area contributed by atoms with E-state index in [-0.39, 0.29) is 11.3 Å². The zero-order chi connectivity index (χ0) is 13.2. The van der Waals surface area contributed by atoms with Crippen molar-refractivity contribution in [2.24, 2.45) is 11.1 Å². The molecule has 0 atom stereocenters. The minimum atomic E-state index is -0.381. The van der Waals surface area contributed by atoms with Gasteiger partial charge < -0.3 is 11.1 Å². The Labute approximate surface area is 108 Å². The Kier molecular flexibility index (Phi) is 3.71. The van der Waals surface area contributed by atoms with Gasteiger partial charge in [0.25, 0.3) is 0 Å². The van der Waals surface area contributed by atoms with Crippen LogP contribution >= 0.6 is 0 Å². The van der Waals surface area contributed by atoms with Gasteiger partial charge in [-0.05, 0) is 26.7 Å². The molecule has 18 heavy (non-hydrogen) atoms. The Morgan fingerprint density at radius 1 is 1.39 bits per heavy atom. The van der Waals surface area contributed by atoms with E-state index >= 15 is 0 Å². The van der Waals surface area contributed by atoms with Crippen LogP contribution in [0.5, 0.6) is 0 Å². The normalized spacial score (nSPS) is 18.6. The lowest BCUT2D eigenvalue weighted by atomic mass is 9.73. The molecule has 1 amide bonds. The third-order valence-electron chi connectivity index (χ3n) is 4.05. The van der Waals surface area contributed by atoms with Gasteiger partial charge in [0, 0.05) is 6.54 Å². The van der Waals surface area contributed by atoms with Crippen molar-refractivity contribution < 1.29 is 4.79 Å². The smallest absolute Gasteiger partial charge is 0.231 e. The zero-order valence-corrected chi connectivity index (χ0v) is 11.2. The summed E-state index contributed by atoms with van der Waals surface area (Å²) < 4.78 is 0. The Bertz CT molecular complexity index is 413. The first-order valence-corrected chi connectivity index (χ1v) is 6.62. The Balaban J connectivity index is 2.15. The molecule has 0 radical (unpaired) electrons. The molecule has 1 aromatic heterocycles. The van der Waals surface area contributed by atoms with Crippen molar-refractivity contribution in [3.8, 4) is 0 Å². The van der Waals surface area contributed by atoms with Gasteiger partial charge in [0.1, 0.15) is 0 Å². The number of aromatic amines is 1. The molecule has 1 aromatic rings. The summed E-state index contributed by atoms with van der Waals surface area (Å²) in [6, 6.07) is 0. The maximum atomic E-state index is 12.5. The van der Waals surface area contributed by atoms with Crippen LogP contribution < -0.4 is 11.1 Å². The Hall–Kier alpha value is -1.36. The average molecular weight is 250 g/mol. The summed E-state index contributed by atoms with van der Waals surface area (Å²) in [5.41, 5.74) is 8.00. The van der Waals surface area contributed by atoms with Gasteiger partial charge in [-0.15, -0.1) is 0 Å². The highest BCUT2D eigenvalue weighted by atomic mass is 16.2. The summed E-state index contributed by atoms with van der Waals surface area (Å²) in [7, 11) is 0. The topological polar surface area (TPSA) is 83.8 Å². The van der Waals surface area contributed by atoms with Crippen LogP contribution in [0.3, 0.4) is 0 Å². The van der Waals surface area contributed by atoms with Crippen molar-refractivity contribution in [3.63, 3.8) is 0 Å². The Morgan fingerprint density at radius 2 is 2.06 bits per heavy atom. The summed E-state index contributed by atoms with van der Waals surface area (Å²) >= 11 is 0. The van der Waals surface area contributed by atoms with Gasteiger partial charge >= 0.3 is 0 Å². The largest absolute Gasteiger partial charge is 0.329 e. The van der Waals surface area contributed by atoms with Crippen LogP contribution in [-0.2, 0) is 4.79 Å². The molecular formula is C13H22N4O. The fourth-order valence-electron chi connectivity index (χ4n) is 2.73. The van der Waals surface area contributed by atoms with E-state index in [0.717, 1.165) is 42.8 Å². The number of nitrogens with one attached hydrogen (secondary N) is 2. The second-order valence-corrected chi connectivity index (χ2v) is 5.31. The molecule has 100 valence electrons. The van der Waals surface area contributed by atoms with Crippen molar-refractivity contribution in [3.05, 3.63) is 11.4 Å². The van der Waals surface area contributed by atoms with Crippen molar-refractivity contribution in [2.75, 3.05) is 11.9 Å². The molecule has 1 heterocycles. The molecule has 0 bridgehead atoms. The fourth-order valence-corrected chi connectivity index (χ4v) is 2.73. The molecule has 1 aliphatic carbocycles. The Morgan fingerprint density at radius 3 is 2.56 bits per heavy atom. The van der Waals surface area contributed by atoms with E-state index in [1.54, 1.807) is 0 Å². The first kappa shape index (κ1) is 13.1. The van der Waals surface area contributed by atoms with Crippen LogP contribution in [0.25, 0.3) is 0 Å². The molecule has 1 fully saturated rings. The molecule has 2 rings (SSSR count). The van der Waals surface area contributed by atoms with Crippen LogP contribution in [0.1, 0.15) is 43.5 Å². The number of rotatable bonds is 3. The minimum absolute atomic E-state index is 0.0531. The predicted octanol–water partition coefficient (Wildman–Crippen LogP) is 1.87. The molecule has 0 aromatic carbocycles. The number of amides is 1. The number of carbonyl (C=O) groups is 1. The van der Waals surface area contributed by atoms with E-state index in [0.29, 0.717) is 6.54 Å². The summed E-state index contributed by atoms with van der Waals surface area (Å²) in [4.78, 5) is 12.5. The van der Waals surface area contributed by atoms with Gasteiger partial charge in [-0.2, -0.15) is 5.10 Å². The highest BCUT2D eigenvalue weighted by molar-refractivity contribution is 5.96. The number of hydrogen-bond acceptors (Lipinski definition) is 3. The molecule has 5 heteroatoms. The van der Waals surface area contributed by atoms with Gasteiger partial charge in [-0.3, -0.25) is 9.89 Å². The molecule has 4 N–H and O–H groups in total. The minimum Gasteiger partial charge on any atom is -0.329 e. The highest BCUT2D eigenvalue weighted by Crippen LogP contribution is 2.36. The number of anilines is 1. The number of carbonyl (C=O) groups excluding carboxylic acids is 1. The van der Waals surface area contributed by atoms with Crippen LogP contribution in [0.15, 0.2) is 0 Å². The molecule has 5 nitrogen and oxygen atoms in total. The summed E-state index contributed by atoms with van der Waals surface area (Å²) in [6.07, 6.45) is 5.18. The van der Waals surface area contributed by atoms with Crippen molar-refractivity contribution in [2.45, 2.75) is 46.0 Å². The molecule has 0 unspecified atom stereocenters. The second-order valence-electron chi connectivity index (χ2n) is 5.31. The van der Waals surface area contributed by atoms with Crippen LogP contribution in [-0.4, -0.2) is 22.6 Å². The van der Waals surface area contributed by atoms with E-state index in [9.17, 15) is 4.79 Å². The number of nitrogens with two attached hydrogens (primary N) is 1. The number of H-pyrrole nitrogens is 1. The summed E-state index contributed by atoms with van der Waals surface area (Å²) in [5.74, 6) is 0.0531. The van der Waals surface area contributed by atoms with Crippen LogP contribution in [0.4, 0.5) is 5.69 Å². The average Bonchev–Trinajstić information content (AvgIpc) is 2.71. The van der Waals surface area contributed by atoms with Gasteiger partial charge in [-0.25, -0.2) is 0 Å². The molecule has 1 aliphatic rings. The molecule has 0 spiro atoms. The van der Waals surface area contributed by atoms with E-state index in [2.05, 4.69) is 15.5 Å². The lowest BCUT2D eigenvalue weighted by molar-refractivity contribution is -0.126. The van der Waals surface area contributed by atoms with E-state index < -0.39 is 0 Å². The second kappa shape index (κ2) is 5.10. The van der Waals surface area contributed by atoms with Gasteiger partial charge in [0.2, 0.25) is 5.91 Å². The molecular weight excluding hydrogens is 228 g/mol. The van der Waals surface area contributed by atoms with Crippen molar-refractivity contribution in [1.29, 1.82) is 0 Å². The van der Waals surface area contributed by atoms with Gasteiger partial charge in [0.15, 0.2) is 0 Å². The highest BCUT2D eigenvalue weighted by Gasteiger charge is 2.38. The van der Waals surface area contributed by atoms with Crippen LogP contribution in [0.2, 0.25) is 0 Å². The first-order chi connectivity index (χ1) is 8.59. The number of aromatic nitrogens is 2. The van der Waals surface area contributed by atoms with Crippen molar-refractivity contribution >= 4 is 11.6 Å². The number of nitrogens with zero attached hydrogens (tertiary/aromatic N) is 1. The molecule has 1 saturated carbocycles. The lowest BCUT2D eigenvalue weighted by Crippen LogP contribution is -2.44. The summed E-state index contributed by atoms with van der Waals surface area (Å²) in [6.45, 7) is 4.22. The zero-order valence-electron chi connectivity index (χ0n) is 11.2. The fraction of sp³-hybridized carbons (Fsp3) is 0.692. The molecule has 0 saturated heterocycles. The van der Waals surface area contributed by atoms with Crippen molar-refractivity contribution in [1.82, 2.24) is 10.2 Å². The summed E-state index contributed by atoms with van der Waals surface area (Å²) in [5, 5.41) is 9.98. The van der Waals surface area contributed by atoms with E-state index in [1.165, 1.54) is 6.42 Å². The predicted molar refractivity (Wildman–Crippen MR) is 71.3 cm³/mol. The maximum Gasteiger partial charge on any atom is 0.231 e. The monoisotopic (exact) mass is 250 g/mol. The lowest BCUT2D eigenvalue weighted by Gasteiger charge is -2.34. The first-order valence-electron chi connectivity index (χ1n) is 6.62. The quantitative estimate of drug-likeness (QED) is 0.765. The molecule has 0 aliphatic heterocycles. The third-order valence-corrected chi connectivity index (χ3v) is 4.05.